The number of methoxy groups -OCH3 is 2. The molecular weight excluding hydrogens is 482 g/mol. The van der Waals surface area contributed by atoms with Crippen molar-refractivity contribution in [2.45, 2.75) is 32.2 Å². The number of aryl methyl sites for hydroxylation is 2. The third-order valence-corrected chi connectivity index (χ3v) is 7.12. The molecule has 0 spiro atoms. The van der Waals surface area contributed by atoms with Crippen LogP contribution in [0, 0.1) is 6.92 Å². The summed E-state index contributed by atoms with van der Waals surface area (Å²) in [6.45, 7) is 2.69. The lowest BCUT2D eigenvalue weighted by atomic mass is 9.91. The minimum absolute atomic E-state index is 0.0722. The van der Waals surface area contributed by atoms with Gasteiger partial charge in [-0.05, 0) is 66.3 Å². The smallest absolute Gasteiger partial charge is 0.336 e. The van der Waals surface area contributed by atoms with E-state index < -0.39 is 5.63 Å². The van der Waals surface area contributed by atoms with Gasteiger partial charge in [0.05, 0.1) is 20.3 Å². The molecule has 5 rings (SSSR count). The van der Waals surface area contributed by atoms with Crippen LogP contribution in [0.15, 0.2) is 75.9 Å². The summed E-state index contributed by atoms with van der Waals surface area (Å²) in [4.78, 5) is 27.3. The molecule has 1 aliphatic heterocycles. The second kappa shape index (κ2) is 11.0. The van der Waals surface area contributed by atoms with Crippen LogP contribution in [0.4, 0.5) is 0 Å². The van der Waals surface area contributed by atoms with E-state index in [1.807, 2.05) is 66.4 Å². The number of benzene rings is 3. The van der Waals surface area contributed by atoms with Gasteiger partial charge in [0.15, 0.2) is 11.5 Å². The molecule has 38 heavy (non-hydrogen) atoms. The van der Waals surface area contributed by atoms with Crippen LogP contribution in [0.2, 0.25) is 0 Å². The first-order valence-electron chi connectivity index (χ1n) is 12.7. The van der Waals surface area contributed by atoms with Crippen molar-refractivity contribution < 1.29 is 23.4 Å². The van der Waals surface area contributed by atoms with Crippen LogP contribution >= 0.6 is 0 Å². The first kappa shape index (κ1) is 25.4. The van der Waals surface area contributed by atoms with Gasteiger partial charge in [0, 0.05) is 30.5 Å². The lowest BCUT2D eigenvalue weighted by Crippen LogP contribution is -2.42. The van der Waals surface area contributed by atoms with Crippen LogP contribution < -0.4 is 19.8 Å². The van der Waals surface area contributed by atoms with Crippen LogP contribution in [0.25, 0.3) is 11.0 Å². The van der Waals surface area contributed by atoms with Gasteiger partial charge < -0.3 is 23.5 Å². The molecule has 0 radical (unpaired) electrons. The van der Waals surface area contributed by atoms with Gasteiger partial charge in [-0.15, -0.1) is 0 Å². The molecule has 2 heterocycles. The Morgan fingerprint density at radius 1 is 1.00 bits per heavy atom. The third-order valence-electron chi connectivity index (χ3n) is 7.12. The number of rotatable bonds is 8. The Bertz CT molecular complexity index is 1510. The Hall–Kier alpha value is -4.26. The van der Waals surface area contributed by atoms with Crippen molar-refractivity contribution in [1.29, 1.82) is 0 Å². The average molecular weight is 514 g/mol. The van der Waals surface area contributed by atoms with Crippen molar-refractivity contribution in [3.63, 3.8) is 0 Å². The number of ether oxygens (including phenoxy) is 3. The van der Waals surface area contributed by atoms with Gasteiger partial charge in [0.2, 0.25) is 5.91 Å². The summed E-state index contributed by atoms with van der Waals surface area (Å²) in [5.74, 6) is 1.91. The van der Waals surface area contributed by atoms with Crippen molar-refractivity contribution in [2.24, 2.45) is 0 Å². The Morgan fingerprint density at radius 2 is 1.76 bits per heavy atom. The molecule has 1 aromatic heterocycles. The van der Waals surface area contributed by atoms with Gasteiger partial charge in [0.1, 0.15) is 17.9 Å². The summed E-state index contributed by atoms with van der Waals surface area (Å²) in [6, 6.07) is 20.6. The van der Waals surface area contributed by atoms with Gasteiger partial charge >= 0.3 is 5.63 Å². The molecule has 0 saturated heterocycles. The lowest BCUT2D eigenvalue weighted by molar-refractivity contribution is -0.134. The molecule has 0 N–H and O–H groups in total. The molecule has 196 valence electrons. The zero-order valence-electron chi connectivity index (χ0n) is 21.9. The molecule has 3 aromatic carbocycles. The molecule has 0 aliphatic carbocycles. The van der Waals surface area contributed by atoms with E-state index in [1.54, 1.807) is 20.3 Å². The standard InChI is InChI=1S/C31H31NO6/c1-20-15-31(34)38-27-17-23(10-11-24(20)27)37-19-26-25-18-29(36-3)28(35-2)16-22(25)13-14-32(26)30(33)12-9-21-7-5-4-6-8-21/h4-8,10-11,15-18,26H,9,12-14,19H2,1-3H3/t26-/m1/s1. The van der Waals surface area contributed by atoms with Crippen molar-refractivity contribution in [3.8, 4) is 17.2 Å². The van der Waals surface area contributed by atoms with Crippen molar-refractivity contribution in [3.05, 3.63) is 99.4 Å². The van der Waals surface area contributed by atoms with E-state index in [9.17, 15) is 9.59 Å². The van der Waals surface area contributed by atoms with Gasteiger partial charge in [-0.1, -0.05) is 30.3 Å². The molecule has 1 atom stereocenters. The van der Waals surface area contributed by atoms with Gasteiger partial charge in [-0.2, -0.15) is 0 Å². The summed E-state index contributed by atoms with van der Waals surface area (Å²) in [5.41, 5.74) is 4.13. The van der Waals surface area contributed by atoms with E-state index in [2.05, 4.69) is 0 Å². The lowest BCUT2D eigenvalue weighted by Gasteiger charge is -2.37. The fourth-order valence-corrected chi connectivity index (χ4v) is 5.12. The second-order valence-corrected chi connectivity index (χ2v) is 9.46. The number of hydrogen-bond donors (Lipinski definition) is 0. The number of amides is 1. The van der Waals surface area contributed by atoms with Crippen LogP contribution in [-0.4, -0.2) is 38.2 Å². The van der Waals surface area contributed by atoms with Crippen molar-refractivity contribution in [2.75, 3.05) is 27.4 Å². The molecule has 4 aromatic rings. The number of hydrogen-bond acceptors (Lipinski definition) is 6. The SMILES string of the molecule is COc1cc2c(cc1OC)[C@@H](COc1ccc3c(C)cc(=O)oc3c1)N(C(=O)CCc1ccccc1)CC2. The summed E-state index contributed by atoms with van der Waals surface area (Å²) in [7, 11) is 3.22. The summed E-state index contributed by atoms with van der Waals surface area (Å²) in [6.07, 6.45) is 1.79. The summed E-state index contributed by atoms with van der Waals surface area (Å²) >= 11 is 0. The highest BCUT2D eigenvalue weighted by Crippen LogP contribution is 2.39. The Kier molecular flexibility index (Phi) is 7.36. The zero-order valence-corrected chi connectivity index (χ0v) is 21.9. The predicted molar refractivity (Wildman–Crippen MR) is 145 cm³/mol. The van der Waals surface area contributed by atoms with E-state index in [4.69, 9.17) is 18.6 Å². The molecule has 0 fully saturated rings. The first-order valence-corrected chi connectivity index (χ1v) is 12.7. The molecule has 7 nitrogen and oxygen atoms in total. The molecule has 0 saturated carbocycles. The molecule has 1 aliphatic rings. The van der Waals surface area contributed by atoms with E-state index in [1.165, 1.54) is 6.07 Å². The van der Waals surface area contributed by atoms with E-state index >= 15 is 0 Å². The quantitative estimate of drug-likeness (QED) is 0.299. The fourth-order valence-electron chi connectivity index (χ4n) is 5.12. The highest BCUT2D eigenvalue weighted by Gasteiger charge is 2.32. The van der Waals surface area contributed by atoms with Gasteiger partial charge in [0.25, 0.3) is 0 Å². The van der Waals surface area contributed by atoms with Crippen LogP contribution in [0.3, 0.4) is 0 Å². The molecule has 7 heteroatoms. The van der Waals surface area contributed by atoms with E-state index in [0.717, 1.165) is 27.6 Å². The second-order valence-electron chi connectivity index (χ2n) is 9.46. The molecule has 0 bridgehead atoms. The summed E-state index contributed by atoms with van der Waals surface area (Å²) in [5, 5.41) is 0.856. The zero-order chi connectivity index (χ0) is 26.6. The molecule has 1 amide bonds. The Labute approximate surface area is 221 Å². The number of carbonyl (C=O) groups excluding carboxylic acids is 1. The van der Waals surface area contributed by atoms with Crippen molar-refractivity contribution in [1.82, 2.24) is 4.90 Å². The minimum atomic E-state index is -0.399. The topological polar surface area (TPSA) is 78.2 Å². The molecular formula is C31H31NO6. The number of nitrogens with zero attached hydrogens (tertiary/aromatic N) is 1. The van der Waals surface area contributed by atoms with E-state index in [0.29, 0.717) is 48.6 Å². The Morgan fingerprint density at radius 3 is 2.53 bits per heavy atom. The minimum Gasteiger partial charge on any atom is -0.493 e. The van der Waals surface area contributed by atoms with Gasteiger partial charge in [-0.25, -0.2) is 4.79 Å². The fraction of sp³-hybridized carbons (Fsp3) is 0.290. The van der Waals surface area contributed by atoms with Gasteiger partial charge in [-0.3, -0.25) is 4.79 Å². The third kappa shape index (κ3) is 5.23. The van der Waals surface area contributed by atoms with E-state index in [-0.39, 0.29) is 18.6 Å². The number of fused-ring (bicyclic) bond motifs is 2. The Balaban J connectivity index is 1.43. The summed E-state index contributed by atoms with van der Waals surface area (Å²) < 4.78 is 22.7. The highest BCUT2D eigenvalue weighted by molar-refractivity contribution is 5.81. The maximum absolute atomic E-state index is 13.5. The highest BCUT2D eigenvalue weighted by atomic mass is 16.5. The largest absolute Gasteiger partial charge is 0.493 e. The average Bonchev–Trinajstić information content (AvgIpc) is 2.93. The molecule has 0 unspecified atom stereocenters. The van der Waals surface area contributed by atoms with Crippen molar-refractivity contribution >= 4 is 16.9 Å². The van der Waals surface area contributed by atoms with Crippen LogP contribution in [0.1, 0.15) is 34.7 Å². The van der Waals surface area contributed by atoms with Crippen LogP contribution in [0.5, 0.6) is 17.2 Å². The predicted octanol–water partition coefficient (Wildman–Crippen LogP) is 5.26. The van der Waals surface area contributed by atoms with Crippen LogP contribution in [-0.2, 0) is 17.6 Å². The maximum Gasteiger partial charge on any atom is 0.336 e. The first-order chi connectivity index (χ1) is 18.5. The monoisotopic (exact) mass is 513 g/mol. The normalized spacial score (nSPS) is 14.7. The maximum atomic E-state index is 13.5. The number of carbonyl (C=O) groups is 1.